The Morgan fingerprint density at radius 2 is 2.12 bits per heavy atom. The van der Waals surface area contributed by atoms with E-state index in [2.05, 4.69) is 10.1 Å². The summed E-state index contributed by atoms with van der Waals surface area (Å²) in [7, 11) is 1.40. The quantitative estimate of drug-likeness (QED) is 0.561. The van der Waals surface area contributed by atoms with Gasteiger partial charge in [0.2, 0.25) is 0 Å². The fourth-order valence-corrected chi connectivity index (χ4v) is 1.50. The van der Waals surface area contributed by atoms with Crippen LogP contribution in [0.2, 0.25) is 0 Å². The molecule has 0 aromatic heterocycles. The standard InChI is InChI=1S/C13H19NO3/c1-17-13(16)8-4-5-9-14-10-11-6-2-3-7-12(11)15/h2-3,6-7,14-15H,4-5,8-10H2,1H3. The van der Waals surface area contributed by atoms with Crippen LogP contribution in [-0.4, -0.2) is 24.7 Å². The van der Waals surface area contributed by atoms with E-state index in [1.54, 1.807) is 12.1 Å². The minimum atomic E-state index is -0.161. The smallest absolute Gasteiger partial charge is 0.305 e. The molecule has 0 fully saturated rings. The number of para-hydroxylation sites is 1. The number of carbonyl (C=O) groups is 1. The van der Waals surface area contributed by atoms with Gasteiger partial charge >= 0.3 is 5.97 Å². The summed E-state index contributed by atoms with van der Waals surface area (Å²) in [6.07, 6.45) is 2.21. The Balaban J connectivity index is 2.09. The van der Waals surface area contributed by atoms with Gasteiger partial charge in [0.15, 0.2) is 0 Å². The summed E-state index contributed by atoms with van der Waals surface area (Å²) in [5, 5.41) is 12.7. The summed E-state index contributed by atoms with van der Waals surface area (Å²) in [4.78, 5) is 10.8. The normalized spacial score (nSPS) is 10.2. The van der Waals surface area contributed by atoms with E-state index in [1.165, 1.54) is 7.11 Å². The number of unbranched alkanes of at least 4 members (excludes halogenated alkanes) is 1. The lowest BCUT2D eigenvalue weighted by Gasteiger charge is -2.06. The van der Waals surface area contributed by atoms with Crippen molar-refractivity contribution in [2.75, 3.05) is 13.7 Å². The first-order valence-corrected chi connectivity index (χ1v) is 5.78. The number of esters is 1. The summed E-state index contributed by atoms with van der Waals surface area (Å²) >= 11 is 0. The van der Waals surface area contributed by atoms with Gasteiger partial charge in [-0.1, -0.05) is 18.2 Å². The molecular formula is C13H19NO3. The van der Waals surface area contributed by atoms with Gasteiger partial charge in [-0.25, -0.2) is 0 Å². The maximum absolute atomic E-state index is 10.8. The van der Waals surface area contributed by atoms with Crippen LogP contribution in [0.25, 0.3) is 0 Å². The van der Waals surface area contributed by atoms with Gasteiger partial charge in [-0.15, -0.1) is 0 Å². The van der Waals surface area contributed by atoms with Crippen molar-refractivity contribution < 1.29 is 14.6 Å². The van der Waals surface area contributed by atoms with Crippen LogP contribution < -0.4 is 5.32 Å². The number of phenolic OH excluding ortho intramolecular Hbond substituents is 1. The second kappa shape index (κ2) is 7.68. The number of methoxy groups -OCH3 is 1. The van der Waals surface area contributed by atoms with Gasteiger partial charge in [-0.05, 0) is 25.5 Å². The zero-order valence-electron chi connectivity index (χ0n) is 10.1. The molecule has 1 aromatic rings. The third kappa shape index (κ3) is 5.36. The summed E-state index contributed by atoms with van der Waals surface area (Å²) in [5.74, 6) is 0.153. The molecule has 0 saturated carbocycles. The van der Waals surface area contributed by atoms with Crippen LogP contribution in [-0.2, 0) is 16.1 Å². The molecule has 0 bridgehead atoms. The van der Waals surface area contributed by atoms with E-state index in [0.717, 1.165) is 24.9 Å². The van der Waals surface area contributed by atoms with Crippen molar-refractivity contribution in [3.05, 3.63) is 29.8 Å². The maximum Gasteiger partial charge on any atom is 0.305 e. The van der Waals surface area contributed by atoms with E-state index in [-0.39, 0.29) is 5.97 Å². The molecule has 0 aliphatic rings. The topological polar surface area (TPSA) is 58.6 Å². The van der Waals surface area contributed by atoms with Gasteiger partial charge in [-0.3, -0.25) is 4.79 Å². The van der Waals surface area contributed by atoms with Gasteiger partial charge in [0.1, 0.15) is 5.75 Å². The monoisotopic (exact) mass is 237 g/mol. The fourth-order valence-electron chi connectivity index (χ4n) is 1.50. The van der Waals surface area contributed by atoms with Crippen LogP contribution in [0.5, 0.6) is 5.75 Å². The van der Waals surface area contributed by atoms with Crippen LogP contribution >= 0.6 is 0 Å². The first-order valence-electron chi connectivity index (χ1n) is 5.78. The fraction of sp³-hybridized carbons (Fsp3) is 0.462. The minimum absolute atomic E-state index is 0.161. The largest absolute Gasteiger partial charge is 0.508 e. The molecule has 1 aromatic carbocycles. The molecule has 2 N–H and O–H groups in total. The van der Waals surface area contributed by atoms with Gasteiger partial charge < -0.3 is 15.2 Å². The number of aromatic hydroxyl groups is 1. The molecular weight excluding hydrogens is 218 g/mol. The van der Waals surface area contributed by atoms with Gasteiger partial charge in [-0.2, -0.15) is 0 Å². The molecule has 0 atom stereocenters. The lowest BCUT2D eigenvalue weighted by molar-refractivity contribution is -0.140. The van der Waals surface area contributed by atoms with E-state index in [9.17, 15) is 9.90 Å². The Bertz CT molecular complexity index is 352. The van der Waals surface area contributed by atoms with Crippen LogP contribution in [0.3, 0.4) is 0 Å². The van der Waals surface area contributed by atoms with Crippen molar-refractivity contribution >= 4 is 5.97 Å². The Kier molecular flexibility index (Phi) is 6.10. The molecule has 0 saturated heterocycles. The molecule has 4 nitrogen and oxygen atoms in total. The van der Waals surface area contributed by atoms with E-state index in [1.807, 2.05) is 12.1 Å². The van der Waals surface area contributed by atoms with E-state index >= 15 is 0 Å². The molecule has 17 heavy (non-hydrogen) atoms. The summed E-state index contributed by atoms with van der Waals surface area (Å²) in [6.45, 7) is 1.47. The second-order valence-corrected chi connectivity index (χ2v) is 3.84. The highest BCUT2D eigenvalue weighted by molar-refractivity contribution is 5.68. The number of hydrogen-bond donors (Lipinski definition) is 2. The zero-order valence-corrected chi connectivity index (χ0v) is 10.1. The summed E-state index contributed by atoms with van der Waals surface area (Å²) in [6, 6.07) is 7.26. The molecule has 0 spiro atoms. The van der Waals surface area contributed by atoms with Gasteiger partial charge in [0.25, 0.3) is 0 Å². The number of carbonyl (C=O) groups excluding carboxylic acids is 1. The van der Waals surface area contributed by atoms with Crippen molar-refractivity contribution in [1.82, 2.24) is 5.32 Å². The Hall–Kier alpha value is -1.55. The molecule has 4 heteroatoms. The van der Waals surface area contributed by atoms with Crippen molar-refractivity contribution in [1.29, 1.82) is 0 Å². The first-order chi connectivity index (χ1) is 8.24. The van der Waals surface area contributed by atoms with Crippen LogP contribution in [0.1, 0.15) is 24.8 Å². The molecule has 0 aliphatic heterocycles. The first kappa shape index (κ1) is 13.5. The molecule has 0 unspecified atom stereocenters. The highest BCUT2D eigenvalue weighted by Crippen LogP contribution is 2.14. The molecule has 94 valence electrons. The average Bonchev–Trinajstić information content (AvgIpc) is 2.35. The highest BCUT2D eigenvalue weighted by Gasteiger charge is 2.00. The SMILES string of the molecule is COC(=O)CCCCNCc1ccccc1O. The third-order valence-electron chi connectivity index (χ3n) is 2.52. The van der Waals surface area contributed by atoms with Crippen molar-refractivity contribution in [2.24, 2.45) is 0 Å². The third-order valence-corrected chi connectivity index (χ3v) is 2.52. The molecule has 0 radical (unpaired) electrons. The van der Waals surface area contributed by atoms with Crippen molar-refractivity contribution in [3.8, 4) is 5.75 Å². The summed E-state index contributed by atoms with van der Waals surface area (Å²) < 4.78 is 4.55. The highest BCUT2D eigenvalue weighted by atomic mass is 16.5. The van der Waals surface area contributed by atoms with Crippen LogP contribution in [0.15, 0.2) is 24.3 Å². The van der Waals surface area contributed by atoms with Gasteiger partial charge in [0, 0.05) is 18.5 Å². The Morgan fingerprint density at radius 3 is 2.82 bits per heavy atom. The Labute approximate surface area is 102 Å². The van der Waals surface area contributed by atoms with Crippen LogP contribution in [0, 0.1) is 0 Å². The number of ether oxygens (including phenoxy) is 1. The van der Waals surface area contributed by atoms with Gasteiger partial charge in [0.05, 0.1) is 7.11 Å². The Morgan fingerprint density at radius 1 is 1.35 bits per heavy atom. The predicted molar refractivity (Wildman–Crippen MR) is 65.7 cm³/mol. The summed E-state index contributed by atoms with van der Waals surface area (Å²) in [5.41, 5.74) is 0.889. The lowest BCUT2D eigenvalue weighted by atomic mass is 10.2. The number of phenols is 1. The van der Waals surface area contributed by atoms with E-state index in [0.29, 0.717) is 18.7 Å². The van der Waals surface area contributed by atoms with E-state index in [4.69, 9.17) is 0 Å². The number of rotatable bonds is 7. The predicted octanol–water partition coefficient (Wildman–Crippen LogP) is 1.83. The lowest BCUT2D eigenvalue weighted by Crippen LogP contribution is -2.15. The van der Waals surface area contributed by atoms with Crippen LogP contribution in [0.4, 0.5) is 0 Å². The van der Waals surface area contributed by atoms with E-state index < -0.39 is 0 Å². The average molecular weight is 237 g/mol. The van der Waals surface area contributed by atoms with Crippen molar-refractivity contribution in [3.63, 3.8) is 0 Å². The molecule has 0 aliphatic carbocycles. The molecule has 0 heterocycles. The molecule has 0 amide bonds. The van der Waals surface area contributed by atoms with Crippen molar-refractivity contribution in [2.45, 2.75) is 25.8 Å². The molecule has 1 rings (SSSR count). The number of nitrogens with one attached hydrogen (secondary N) is 1. The number of hydrogen-bond acceptors (Lipinski definition) is 4. The second-order valence-electron chi connectivity index (χ2n) is 3.84. The minimum Gasteiger partial charge on any atom is -0.508 e. The maximum atomic E-state index is 10.8. The zero-order chi connectivity index (χ0) is 12.5. The number of benzene rings is 1.